The van der Waals surface area contributed by atoms with E-state index in [4.69, 9.17) is 5.14 Å². The van der Waals surface area contributed by atoms with E-state index in [9.17, 15) is 16.8 Å². The molecule has 0 unspecified atom stereocenters. The lowest BCUT2D eigenvalue weighted by Gasteiger charge is -2.30. The summed E-state index contributed by atoms with van der Waals surface area (Å²) in [5.41, 5.74) is 1.73. The van der Waals surface area contributed by atoms with Crippen LogP contribution in [0.15, 0.2) is 23.1 Å². The molecule has 2 aliphatic rings. The van der Waals surface area contributed by atoms with Crippen molar-refractivity contribution in [1.82, 2.24) is 4.31 Å². The lowest BCUT2D eigenvalue weighted by Crippen LogP contribution is -2.41. The first-order valence-corrected chi connectivity index (χ1v) is 10.5. The normalized spacial score (nSPS) is 21.0. The SMILES string of the molecule is NS(=O)(=O)c1ccc2c(c1)CN(S(=O)(=O)C1CCCC1)CC2. The minimum absolute atomic E-state index is 0.0337. The summed E-state index contributed by atoms with van der Waals surface area (Å²) in [6.45, 7) is 0.693. The van der Waals surface area contributed by atoms with E-state index >= 15 is 0 Å². The van der Waals surface area contributed by atoms with Crippen molar-refractivity contribution in [2.75, 3.05) is 6.54 Å². The first kappa shape index (κ1) is 15.9. The maximum atomic E-state index is 12.7. The quantitative estimate of drug-likeness (QED) is 0.883. The molecular formula is C14H20N2O4S2. The molecule has 3 rings (SSSR count). The van der Waals surface area contributed by atoms with Crippen molar-refractivity contribution < 1.29 is 16.8 Å². The van der Waals surface area contributed by atoms with E-state index in [-0.39, 0.29) is 16.7 Å². The summed E-state index contributed by atoms with van der Waals surface area (Å²) in [7, 11) is -7.07. The molecule has 0 spiro atoms. The fourth-order valence-corrected chi connectivity index (χ4v) is 5.88. The van der Waals surface area contributed by atoms with Crippen molar-refractivity contribution in [2.24, 2.45) is 5.14 Å². The van der Waals surface area contributed by atoms with Crippen LogP contribution in [0.2, 0.25) is 0 Å². The molecule has 22 heavy (non-hydrogen) atoms. The maximum absolute atomic E-state index is 12.7. The van der Waals surface area contributed by atoms with Gasteiger partial charge in [-0.2, -0.15) is 4.31 Å². The Bertz CT molecular complexity index is 781. The summed E-state index contributed by atoms with van der Waals surface area (Å²) < 4.78 is 49.7. The van der Waals surface area contributed by atoms with Gasteiger partial charge in [-0.1, -0.05) is 18.9 Å². The minimum Gasteiger partial charge on any atom is -0.225 e. The lowest BCUT2D eigenvalue weighted by molar-refractivity contribution is 0.384. The van der Waals surface area contributed by atoms with Gasteiger partial charge in [-0.3, -0.25) is 0 Å². The molecule has 1 aliphatic carbocycles. The van der Waals surface area contributed by atoms with Gasteiger partial charge in [0, 0.05) is 13.1 Å². The third-order valence-corrected chi connectivity index (χ3v) is 7.82. The molecule has 0 amide bonds. The third kappa shape index (κ3) is 2.92. The third-order valence-electron chi connectivity index (χ3n) is 4.57. The average Bonchev–Trinajstić information content (AvgIpc) is 3.00. The Hall–Kier alpha value is -0.960. The van der Waals surface area contributed by atoms with Gasteiger partial charge in [0.15, 0.2) is 0 Å². The van der Waals surface area contributed by atoms with Crippen LogP contribution in [0.25, 0.3) is 0 Å². The second-order valence-electron chi connectivity index (χ2n) is 6.01. The van der Waals surface area contributed by atoms with E-state index in [2.05, 4.69) is 0 Å². The molecule has 1 saturated carbocycles. The molecule has 8 heteroatoms. The van der Waals surface area contributed by atoms with Crippen LogP contribution in [0.5, 0.6) is 0 Å². The van der Waals surface area contributed by atoms with Gasteiger partial charge in [0.2, 0.25) is 20.0 Å². The van der Waals surface area contributed by atoms with Crippen molar-refractivity contribution >= 4 is 20.0 Å². The van der Waals surface area contributed by atoms with Crippen molar-refractivity contribution in [1.29, 1.82) is 0 Å². The van der Waals surface area contributed by atoms with Crippen LogP contribution in [0.1, 0.15) is 36.8 Å². The first-order valence-electron chi connectivity index (χ1n) is 7.42. The summed E-state index contributed by atoms with van der Waals surface area (Å²) in [6.07, 6.45) is 3.98. The summed E-state index contributed by atoms with van der Waals surface area (Å²) in [4.78, 5) is 0.0337. The number of sulfonamides is 2. The van der Waals surface area contributed by atoms with Crippen molar-refractivity contribution in [3.05, 3.63) is 29.3 Å². The highest BCUT2D eigenvalue weighted by Gasteiger charge is 2.35. The molecule has 0 saturated heterocycles. The number of nitrogens with two attached hydrogens (primary N) is 1. The van der Waals surface area contributed by atoms with Gasteiger partial charge >= 0.3 is 0 Å². The van der Waals surface area contributed by atoms with Gasteiger partial charge in [-0.05, 0) is 42.5 Å². The van der Waals surface area contributed by atoms with Crippen LogP contribution in [0.4, 0.5) is 0 Å². The van der Waals surface area contributed by atoms with E-state index in [1.165, 1.54) is 16.4 Å². The molecule has 0 atom stereocenters. The van der Waals surface area contributed by atoms with E-state index in [0.717, 1.165) is 36.8 Å². The molecule has 1 aromatic carbocycles. The highest BCUT2D eigenvalue weighted by Crippen LogP contribution is 2.31. The number of fused-ring (bicyclic) bond motifs is 1. The molecule has 6 nitrogen and oxygen atoms in total. The Morgan fingerprint density at radius 2 is 1.73 bits per heavy atom. The average molecular weight is 344 g/mol. The molecule has 1 aromatic rings. The van der Waals surface area contributed by atoms with Gasteiger partial charge in [0.05, 0.1) is 10.1 Å². The minimum atomic E-state index is -3.77. The summed E-state index contributed by atoms with van der Waals surface area (Å²) in [5.74, 6) is 0. The molecule has 122 valence electrons. The molecule has 1 aliphatic heterocycles. The lowest BCUT2D eigenvalue weighted by atomic mass is 10.0. The van der Waals surface area contributed by atoms with E-state index in [1.54, 1.807) is 6.07 Å². The molecule has 0 radical (unpaired) electrons. The Kier molecular flexibility index (Phi) is 4.05. The predicted molar refractivity (Wildman–Crippen MR) is 83.1 cm³/mol. The molecule has 1 fully saturated rings. The highest BCUT2D eigenvalue weighted by molar-refractivity contribution is 7.89. The van der Waals surface area contributed by atoms with Crippen LogP contribution in [-0.4, -0.2) is 32.9 Å². The molecule has 1 heterocycles. The second kappa shape index (κ2) is 5.59. The standard InChI is InChI=1S/C14H20N2O4S2/c15-21(17,18)14-6-5-11-7-8-16(10-12(11)9-14)22(19,20)13-3-1-2-4-13/h5-6,9,13H,1-4,7-8,10H2,(H2,15,17,18). The number of primary sulfonamides is 1. The first-order chi connectivity index (χ1) is 10.3. The molecule has 0 aromatic heterocycles. The zero-order valence-electron chi connectivity index (χ0n) is 12.2. The monoisotopic (exact) mass is 344 g/mol. The summed E-state index contributed by atoms with van der Waals surface area (Å²) in [6, 6.07) is 4.71. The summed E-state index contributed by atoms with van der Waals surface area (Å²) >= 11 is 0. The van der Waals surface area contributed by atoms with Gasteiger partial charge in [0.1, 0.15) is 0 Å². The smallest absolute Gasteiger partial charge is 0.225 e. The van der Waals surface area contributed by atoms with Crippen LogP contribution in [0, 0.1) is 0 Å². The fourth-order valence-electron chi connectivity index (χ4n) is 3.30. The number of rotatable bonds is 3. The van der Waals surface area contributed by atoms with Crippen molar-refractivity contribution in [3.8, 4) is 0 Å². The number of benzene rings is 1. The second-order valence-corrected chi connectivity index (χ2v) is 9.78. The Labute approximate surface area is 131 Å². The fraction of sp³-hybridized carbons (Fsp3) is 0.571. The van der Waals surface area contributed by atoms with Crippen LogP contribution < -0.4 is 5.14 Å². The number of nitrogens with zero attached hydrogens (tertiary/aromatic N) is 1. The van der Waals surface area contributed by atoms with Gasteiger partial charge in [0.25, 0.3) is 0 Å². The predicted octanol–water partition coefficient (Wildman–Crippen LogP) is 0.964. The molecule has 0 bridgehead atoms. The zero-order chi connectivity index (χ0) is 16.0. The number of hydrogen-bond acceptors (Lipinski definition) is 4. The Morgan fingerprint density at radius 1 is 1.05 bits per heavy atom. The largest absolute Gasteiger partial charge is 0.238 e. The molecule has 2 N–H and O–H groups in total. The van der Waals surface area contributed by atoms with E-state index in [1.807, 2.05) is 0 Å². The Morgan fingerprint density at radius 3 is 2.36 bits per heavy atom. The van der Waals surface area contributed by atoms with Crippen molar-refractivity contribution in [3.63, 3.8) is 0 Å². The highest BCUT2D eigenvalue weighted by atomic mass is 32.2. The van der Waals surface area contributed by atoms with Crippen LogP contribution in [0.3, 0.4) is 0 Å². The topological polar surface area (TPSA) is 97.5 Å². The van der Waals surface area contributed by atoms with Crippen LogP contribution >= 0.6 is 0 Å². The molecular weight excluding hydrogens is 324 g/mol. The maximum Gasteiger partial charge on any atom is 0.238 e. The van der Waals surface area contributed by atoms with E-state index < -0.39 is 20.0 Å². The van der Waals surface area contributed by atoms with Gasteiger partial charge in [-0.15, -0.1) is 0 Å². The van der Waals surface area contributed by atoms with Crippen molar-refractivity contribution in [2.45, 2.75) is 48.8 Å². The Balaban J connectivity index is 1.89. The van der Waals surface area contributed by atoms with Gasteiger partial charge in [-0.25, -0.2) is 22.0 Å². The summed E-state index contributed by atoms with van der Waals surface area (Å²) in [5, 5.41) is 4.87. The van der Waals surface area contributed by atoms with Gasteiger partial charge < -0.3 is 0 Å². The zero-order valence-corrected chi connectivity index (χ0v) is 13.9. The van der Waals surface area contributed by atoms with Crippen LogP contribution in [-0.2, 0) is 33.0 Å². The van der Waals surface area contributed by atoms with E-state index in [0.29, 0.717) is 13.0 Å². The number of hydrogen-bond donors (Lipinski definition) is 1.